The number of piperazine rings is 1. The third-order valence-electron chi connectivity index (χ3n) is 4.43. The lowest BCUT2D eigenvalue weighted by atomic mass is 9.76. The standard InChI is InChI=1S/C15H20F2N2.2ClH/c16-13-5-4-12(10-14(13)17)15(11-2-1-3-11)19-8-6-18-7-9-19;;/h4-5,10-11,15,18H,1-3,6-9H2;2*1H/t15-;;/m0../s1. The molecular weight excluding hydrogens is 317 g/mol. The van der Waals surface area contributed by atoms with Crippen molar-refractivity contribution in [3.8, 4) is 0 Å². The first kappa shape index (κ1) is 18.6. The van der Waals surface area contributed by atoms with Crippen molar-refractivity contribution in [1.29, 1.82) is 0 Å². The van der Waals surface area contributed by atoms with Gasteiger partial charge in [0.05, 0.1) is 0 Å². The van der Waals surface area contributed by atoms with Crippen LogP contribution in [0, 0.1) is 17.6 Å². The minimum Gasteiger partial charge on any atom is -0.314 e. The van der Waals surface area contributed by atoms with Crippen molar-refractivity contribution in [3.05, 3.63) is 35.4 Å². The zero-order chi connectivity index (χ0) is 13.2. The predicted molar refractivity (Wildman–Crippen MR) is 85.4 cm³/mol. The van der Waals surface area contributed by atoms with Gasteiger partial charge in [-0.1, -0.05) is 12.5 Å². The molecule has 1 aromatic rings. The number of hydrogen-bond donors (Lipinski definition) is 1. The molecule has 0 aromatic heterocycles. The summed E-state index contributed by atoms with van der Waals surface area (Å²) >= 11 is 0. The van der Waals surface area contributed by atoms with Gasteiger partial charge in [0, 0.05) is 32.2 Å². The average Bonchev–Trinajstić information content (AvgIpc) is 2.38. The van der Waals surface area contributed by atoms with Crippen molar-refractivity contribution in [2.24, 2.45) is 5.92 Å². The van der Waals surface area contributed by atoms with E-state index in [0.29, 0.717) is 5.92 Å². The van der Waals surface area contributed by atoms with Gasteiger partial charge in [0.15, 0.2) is 11.6 Å². The van der Waals surface area contributed by atoms with Gasteiger partial charge in [-0.05, 0) is 36.5 Å². The maximum absolute atomic E-state index is 13.5. The molecular formula is C15H22Cl2F2N2. The Morgan fingerprint density at radius 1 is 1.05 bits per heavy atom. The monoisotopic (exact) mass is 338 g/mol. The van der Waals surface area contributed by atoms with E-state index in [1.807, 2.05) is 0 Å². The second-order valence-corrected chi connectivity index (χ2v) is 5.60. The molecule has 0 unspecified atom stereocenters. The molecule has 2 fully saturated rings. The highest BCUT2D eigenvalue weighted by Crippen LogP contribution is 2.41. The van der Waals surface area contributed by atoms with Crippen molar-refractivity contribution in [2.45, 2.75) is 25.3 Å². The molecule has 0 spiro atoms. The normalized spacial score (nSPS) is 20.9. The molecule has 1 aliphatic carbocycles. The Balaban J connectivity index is 0.00000110. The summed E-state index contributed by atoms with van der Waals surface area (Å²) < 4.78 is 26.6. The molecule has 0 amide bonds. The molecule has 6 heteroatoms. The third kappa shape index (κ3) is 4.07. The Morgan fingerprint density at radius 3 is 2.24 bits per heavy atom. The Bertz CT molecular complexity index is 449. The fourth-order valence-electron chi connectivity index (χ4n) is 3.19. The number of benzene rings is 1. The van der Waals surface area contributed by atoms with Crippen LogP contribution in [0.1, 0.15) is 30.9 Å². The highest BCUT2D eigenvalue weighted by atomic mass is 35.5. The van der Waals surface area contributed by atoms with E-state index in [0.717, 1.165) is 31.7 Å². The Morgan fingerprint density at radius 2 is 1.71 bits per heavy atom. The van der Waals surface area contributed by atoms with Crippen LogP contribution in [0.15, 0.2) is 18.2 Å². The first-order chi connectivity index (χ1) is 9.25. The summed E-state index contributed by atoms with van der Waals surface area (Å²) in [4.78, 5) is 2.42. The van der Waals surface area contributed by atoms with Crippen molar-refractivity contribution < 1.29 is 8.78 Å². The summed E-state index contributed by atoms with van der Waals surface area (Å²) in [7, 11) is 0. The van der Waals surface area contributed by atoms with Crippen LogP contribution in [-0.2, 0) is 0 Å². The van der Waals surface area contributed by atoms with Gasteiger partial charge >= 0.3 is 0 Å². The van der Waals surface area contributed by atoms with Gasteiger partial charge in [-0.15, -0.1) is 24.8 Å². The van der Waals surface area contributed by atoms with Gasteiger partial charge in [-0.25, -0.2) is 8.78 Å². The van der Waals surface area contributed by atoms with Gasteiger partial charge in [0.1, 0.15) is 0 Å². The Hall–Kier alpha value is -0.420. The molecule has 1 heterocycles. The third-order valence-corrected chi connectivity index (χ3v) is 4.43. The van der Waals surface area contributed by atoms with Crippen LogP contribution < -0.4 is 5.32 Å². The van der Waals surface area contributed by atoms with Crippen LogP contribution in [0.5, 0.6) is 0 Å². The zero-order valence-electron chi connectivity index (χ0n) is 11.9. The second-order valence-electron chi connectivity index (χ2n) is 5.60. The Labute approximate surface area is 137 Å². The van der Waals surface area contributed by atoms with Crippen LogP contribution >= 0.6 is 24.8 Å². The van der Waals surface area contributed by atoms with Crippen LogP contribution in [0.25, 0.3) is 0 Å². The van der Waals surface area contributed by atoms with E-state index in [9.17, 15) is 8.78 Å². The number of hydrogen-bond acceptors (Lipinski definition) is 2. The summed E-state index contributed by atoms with van der Waals surface area (Å²) in [6.07, 6.45) is 3.66. The molecule has 2 nitrogen and oxygen atoms in total. The molecule has 0 bridgehead atoms. The molecule has 21 heavy (non-hydrogen) atoms. The van der Waals surface area contributed by atoms with Crippen molar-refractivity contribution in [2.75, 3.05) is 26.2 Å². The summed E-state index contributed by atoms with van der Waals surface area (Å²) in [5, 5.41) is 3.34. The van der Waals surface area contributed by atoms with Gasteiger partial charge < -0.3 is 5.32 Å². The minimum atomic E-state index is -0.753. The molecule has 2 aliphatic rings. The zero-order valence-corrected chi connectivity index (χ0v) is 13.5. The van der Waals surface area contributed by atoms with Crippen molar-refractivity contribution in [1.82, 2.24) is 10.2 Å². The lowest BCUT2D eigenvalue weighted by molar-refractivity contribution is 0.0834. The fraction of sp³-hybridized carbons (Fsp3) is 0.600. The average molecular weight is 339 g/mol. The number of halogens is 4. The van der Waals surface area contributed by atoms with E-state index in [1.54, 1.807) is 6.07 Å². The smallest absolute Gasteiger partial charge is 0.159 e. The maximum Gasteiger partial charge on any atom is 0.159 e. The molecule has 3 rings (SSSR count). The topological polar surface area (TPSA) is 15.3 Å². The SMILES string of the molecule is Cl.Cl.Fc1ccc([C@H](C2CCC2)N2CCNCC2)cc1F. The van der Waals surface area contributed by atoms with E-state index in [-0.39, 0.29) is 30.9 Å². The lowest BCUT2D eigenvalue weighted by Gasteiger charge is -2.43. The first-order valence-electron chi connectivity index (χ1n) is 7.15. The maximum atomic E-state index is 13.5. The molecule has 1 atom stereocenters. The summed E-state index contributed by atoms with van der Waals surface area (Å²) in [5.41, 5.74) is 0.936. The molecule has 120 valence electrons. The highest BCUT2D eigenvalue weighted by Gasteiger charge is 2.33. The van der Waals surface area contributed by atoms with E-state index in [2.05, 4.69) is 10.2 Å². The van der Waals surface area contributed by atoms with Crippen molar-refractivity contribution in [3.63, 3.8) is 0 Å². The van der Waals surface area contributed by atoms with Crippen LogP contribution in [0.4, 0.5) is 8.78 Å². The van der Waals surface area contributed by atoms with E-state index in [4.69, 9.17) is 0 Å². The quantitative estimate of drug-likeness (QED) is 0.906. The van der Waals surface area contributed by atoms with Crippen molar-refractivity contribution >= 4 is 24.8 Å². The fourth-order valence-corrected chi connectivity index (χ4v) is 3.19. The summed E-state index contributed by atoms with van der Waals surface area (Å²) in [6, 6.07) is 4.66. The second kappa shape index (κ2) is 8.28. The molecule has 1 aromatic carbocycles. The summed E-state index contributed by atoms with van der Waals surface area (Å²) in [6.45, 7) is 3.93. The van der Waals surface area contributed by atoms with Crippen LogP contribution in [0.2, 0.25) is 0 Å². The van der Waals surface area contributed by atoms with E-state index in [1.165, 1.54) is 31.4 Å². The summed E-state index contributed by atoms with van der Waals surface area (Å²) in [5.74, 6) is -0.878. The molecule has 1 N–H and O–H groups in total. The predicted octanol–water partition coefficient (Wildman–Crippen LogP) is 3.55. The molecule has 0 radical (unpaired) electrons. The first-order valence-corrected chi connectivity index (χ1v) is 7.15. The van der Waals surface area contributed by atoms with E-state index >= 15 is 0 Å². The lowest BCUT2D eigenvalue weighted by Crippen LogP contribution is -2.47. The number of nitrogens with one attached hydrogen (secondary N) is 1. The van der Waals surface area contributed by atoms with Gasteiger partial charge in [0.2, 0.25) is 0 Å². The van der Waals surface area contributed by atoms with E-state index < -0.39 is 11.6 Å². The molecule has 1 saturated heterocycles. The van der Waals surface area contributed by atoms with Gasteiger partial charge in [-0.2, -0.15) is 0 Å². The molecule has 1 saturated carbocycles. The number of nitrogens with zero attached hydrogens (tertiary/aromatic N) is 1. The van der Waals surface area contributed by atoms with Gasteiger partial charge in [-0.3, -0.25) is 4.90 Å². The van der Waals surface area contributed by atoms with Crippen LogP contribution in [0.3, 0.4) is 0 Å². The van der Waals surface area contributed by atoms with Crippen LogP contribution in [-0.4, -0.2) is 31.1 Å². The highest BCUT2D eigenvalue weighted by molar-refractivity contribution is 5.85. The number of rotatable bonds is 3. The largest absolute Gasteiger partial charge is 0.314 e. The Kier molecular flexibility index (Phi) is 7.34. The minimum absolute atomic E-state index is 0. The molecule has 1 aliphatic heterocycles. The van der Waals surface area contributed by atoms with Gasteiger partial charge in [0.25, 0.3) is 0 Å².